The van der Waals surface area contributed by atoms with Crippen molar-refractivity contribution < 1.29 is 41.2 Å². The molecule has 0 spiro atoms. The normalized spacial score (nSPS) is 25.6. The van der Waals surface area contributed by atoms with Crippen LogP contribution in [-0.2, 0) is 34.5 Å². The smallest absolute Gasteiger partial charge is 0.453 e. The number of esters is 1. The number of alkyl halides is 2. The number of phosphoric ester groups is 1. The Kier molecular flexibility index (Phi) is 9.37. The van der Waals surface area contributed by atoms with Crippen LogP contribution in [-0.4, -0.2) is 40.3 Å². The van der Waals surface area contributed by atoms with Gasteiger partial charge in [0, 0.05) is 18.2 Å². The van der Waals surface area contributed by atoms with Gasteiger partial charge in [-0.3, -0.25) is 18.4 Å². The highest BCUT2D eigenvalue weighted by molar-refractivity contribution is 7.49. The molecule has 1 saturated heterocycles. The van der Waals surface area contributed by atoms with Gasteiger partial charge in [0.05, 0.1) is 13.2 Å². The number of ether oxygens (including phenoxy) is 2. The highest BCUT2D eigenvalue weighted by Gasteiger charge is 2.63. The third kappa shape index (κ3) is 7.02. The van der Waals surface area contributed by atoms with E-state index in [0.717, 1.165) is 44.4 Å². The minimum absolute atomic E-state index is 0.0676. The largest absolute Gasteiger partial charge is 0.530 e. The number of halogens is 2. The Morgan fingerprint density at radius 2 is 1.95 bits per heavy atom. The van der Waals surface area contributed by atoms with Crippen molar-refractivity contribution >= 4 is 19.6 Å². The number of anilines is 1. The first-order valence-corrected chi connectivity index (χ1v) is 14.3. The SMILES string of the molecule is CCCCCCCCC(=O)O[C@@H]1C(COP2(=O)OCc3ccccc3O2)O[C@@H](n2ccc(N)nc2=O)C1(F)F. The molecule has 14 heteroatoms. The summed E-state index contributed by atoms with van der Waals surface area (Å²) in [5, 5.41) is 0. The van der Waals surface area contributed by atoms with E-state index in [-0.39, 0.29) is 24.6 Å². The predicted octanol–water partition coefficient (Wildman–Crippen LogP) is 4.75. The summed E-state index contributed by atoms with van der Waals surface area (Å²) in [7, 11) is -4.20. The van der Waals surface area contributed by atoms with Gasteiger partial charge in [0.15, 0.2) is 6.10 Å². The van der Waals surface area contributed by atoms with E-state index in [2.05, 4.69) is 11.9 Å². The van der Waals surface area contributed by atoms with Crippen molar-refractivity contribution in [2.45, 2.75) is 82.8 Å². The predicted molar refractivity (Wildman–Crippen MR) is 135 cm³/mol. The molecule has 2 unspecified atom stereocenters. The van der Waals surface area contributed by atoms with Crippen LogP contribution in [0.4, 0.5) is 14.6 Å². The summed E-state index contributed by atoms with van der Waals surface area (Å²) in [4.78, 5) is 28.3. The van der Waals surface area contributed by atoms with Crippen LogP contribution in [0.1, 0.15) is 63.7 Å². The lowest BCUT2D eigenvalue weighted by Gasteiger charge is -2.27. The lowest BCUT2D eigenvalue weighted by atomic mass is 10.1. The highest BCUT2D eigenvalue weighted by atomic mass is 31.2. The van der Waals surface area contributed by atoms with Crippen LogP contribution in [0.15, 0.2) is 41.3 Å². The van der Waals surface area contributed by atoms with E-state index in [0.29, 0.717) is 16.6 Å². The molecule has 1 aromatic carbocycles. The monoisotopic (exact) mass is 571 g/mol. The average Bonchev–Trinajstić information content (AvgIpc) is 3.14. The molecule has 3 heterocycles. The van der Waals surface area contributed by atoms with Crippen LogP contribution in [0.2, 0.25) is 0 Å². The number of benzene rings is 1. The Labute approximate surface area is 224 Å². The number of fused-ring (bicyclic) bond motifs is 1. The second-order valence-corrected chi connectivity index (χ2v) is 11.0. The van der Waals surface area contributed by atoms with E-state index in [4.69, 9.17) is 28.8 Å². The van der Waals surface area contributed by atoms with Gasteiger partial charge in [-0.25, -0.2) is 9.36 Å². The van der Waals surface area contributed by atoms with Gasteiger partial charge >= 0.3 is 25.4 Å². The molecule has 2 aromatic rings. The Morgan fingerprint density at radius 3 is 2.72 bits per heavy atom. The summed E-state index contributed by atoms with van der Waals surface area (Å²) in [6, 6.07) is 7.84. The average molecular weight is 572 g/mol. The molecule has 0 aliphatic carbocycles. The molecule has 1 fully saturated rings. The van der Waals surface area contributed by atoms with Gasteiger partial charge in [-0.2, -0.15) is 13.8 Å². The first-order chi connectivity index (χ1) is 18.6. The maximum absolute atomic E-state index is 15.6. The van der Waals surface area contributed by atoms with Crippen molar-refractivity contribution in [1.29, 1.82) is 0 Å². The molecule has 0 saturated carbocycles. The van der Waals surface area contributed by atoms with Crippen LogP contribution >= 0.6 is 7.82 Å². The van der Waals surface area contributed by atoms with E-state index in [9.17, 15) is 14.2 Å². The summed E-state index contributed by atoms with van der Waals surface area (Å²) in [6.45, 7) is 1.27. The summed E-state index contributed by atoms with van der Waals surface area (Å²) in [5.74, 6) is -4.62. The minimum atomic E-state index is -4.20. The van der Waals surface area contributed by atoms with Crippen molar-refractivity contribution in [2.24, 2.45) is 0 Å². The molecule has 1 aromatic heterocycles. The summed E-state index contributed by atoms with van der Waals surface area (Å²) in [6.07, 6.45) is 0.337. The molecule has 4 atom stereocenters. The van der Waals surface area contributed by atoms with Gasteiger partial charge in [-0.05, 0) is 18.6 Å². The van der Waals surface area contributed by atoms with Gasteiger partial charge in [0.2, 0.25) is 6.23 Å². The molecule has 11 nitrogen and oxygen atoms in total. The summed E-state index contributed by atoms with van der Waals surface area (Å²) < 4.78 is 71.4. The molecular formula is C25H32F2N3O8P. The van der Waals surface area contributed by atoms with Gasteiger partial charge in [0.1, 0.15) is 17.7 Å². The van der Waals surface area contributed by atoms with Crippen molar-refractivity contribution in [3.05, 3.63) is 52.6 Å². The standard InChI is InChI=1S/C25H32F2N3O8P/c1-2-3-4-5-6-7-12-21(31)37-22-19(16-35-39(33)34-15-17-10-8-9-11-18(17)38-39)36-23(25(22,26)27)30-14-13-20(28)29-24(30)32/h8-11,13-14,19,22-23H,2-7,12,15-16H2,1H3,(H2,28,29,32)/t19?,22-,23-,39?/m1/s1. The second kappa shape index (κ2) is 12.5. The first-order valence-electron chi connectivity index (χ1n) is 12.9. The molecule has 2 aliphatic heterocycles. The summed E-state index contributed by atoms with van der Waals surface area (Å²) in [5.41, 5.74) is 5.03. The number of unbranched alkanes of at least 4 members (excludes halogenated alkanes) is 5. The van der Waals surface area contributed by atoms with Gasteiger partial charge in [-0.1, -0.05) is 57.2 Å². The zero-order valence-electron chi connectivity index (χ0n) is 21.5. The Balaban J connectivity index is 1.48. The number of hydrogen-bond donors (Lipinski definition) is 1. The van der Waals surface area contributed by atoms with Crippen LogP contribution in [0.5, 0.6) is 5.75 Å². The lowest BCUT2D eigenvalue weighted by Crippen LogP contribution is -2.44. The van der Waals surface area contributed by atoms with Crippen LogP contribution < -0.4 is 15.9 Å². The number of nitrogens with two attached hydrogens (primary N) is 1. The van der Waals surface area contributed by atoms with E-state index in [1.165, 1.54) is 0 Å². The fraction of sp³-hybridized carbons (Fsp3) is 0.560. The Morgan fingerprint density at radius 1 is 1.21 bits per heavy atom. The number of phosphoric acid groups is 1. The molecule has 2 aliphatic rings. The van der Waals surface area contributed by atoms with E-state index in [1.807, 2.05) is 0 Å². The molecule has 39 heavy (non-hydrogen) atoms. The third-order valence-electron chi connectivity index (χ3n) is 6.40. The number of rotatable bonds is 12. The minimum Gasteiger partial charge on any atom is -0.453 e. The van der Waals surface area contributed by atoms with Crippen molar-refractivity contribution in [2.75, 3.05) is 12.3 Å². The van der Waals surface area contributed by atoms with Gasteiger partial charge in [0.25, 0.3) is 0 Å². The Bertz CT molecular complexity index is 1260. The number of carbonyl (C=O) groups is 1. The second-order valence-electron chi connectivity index (χ2n) is 9.39. The number of hydrogen-bond acceptors (Lipinski definition) is 10. The lowest BCUT2D eigenvalue weighted by molar-refractivity contribution is -0.176. The zero-order valence-corrected chi connectivity index (χ0v) is 22.4. The van der Waals surface area contributed by atoms with Crippen molar-refractivity contribution in [3.8, 4) is 5.75 Å². The van der Waals surface area contributed by atoms with Crippen LogP contribution in [0.25, 0.3) is 0 Å². The number of carbonyl (C=O) groups excluding carboxylic acids is 1. The van der Waals surface area contributed by atoms with Crippen LogP contribution in [0, 0.1) is 0 Å². The van der Waals surface area contributed by atoms with Gasteiger partial charge in [-0.15, -0.1) is 0 Å². The Hall–Kier alpha value is -2.86. The number of nitrogen functional groups attached to an aromatic ring is 1. The number of para-hydroxylation sites is 1. The van der Waals surface area contributed by atoms with E-state index < -0.39 is 50.4 Å². The molecule has 4 rings (SSSR count). The topological polar surface area (TPSA) is 141 Å². The van der Waals surface area contributed by atoms with E-state index >= 15 is 8.78 Å². The maximum Gasteiger partial charge on any atom is 0.530 e. The molecule has 0 amide bonds. The summed E-state index contributed by atoms with van der Waals surface area (Å²) >= 11 is 0. The van der Waals surface area contributed by atoms with Crippen molar-refractivity contribution in [1.82, 2.24) is 9.55 Å². The highest BCUT2D eigenvalue weighted by Crippen LogP contribution is 2.55. The number of aromatic nitrogens is 2. The fourth-order valence-electron chi connectivity index (χ4n) is 4.34. The quantitative estimate of drug-likeness (QED) is 0.215. The zero-order chi connectivity index (χ0) is 28.0. The number of nitrogens with zero attached hydrogens (tertiary/aromatic N) is 2. The molecule has 0 bridgehead atoms. The molecule has 2 N–H and O–H groups in total. The van der Waals surface area contributed by atoms with Crippen molar-refractivity contribution in [3.63, 3.8) is 0 Å². The maximum atomic E-state index is 15.6. The van der Waals surface area contributed by atoms with Gasteiger partial charge < -0.3 is 19.7 Å². The fourth-order valence-corrected chi connectivity index (χ4v) is 5.56. The van der Waals surface area contributed by atoms with Crippen LogP contribution in [0.3, 0.4) is 0 Å². The third-order valence-corrected chi connectivity index (χ3v) is 7.74. The molecule has 0 radical (unpaired) electrons. The molecule has 214 valence electrons. The molecular weight excluding hydrogens is 539 g/mol. The van der Waals surface area contributed by atoms with E-state index in [1.54, 1.807) is 24.3 Å². The first kappa shape index (κ1) is 29.1.